The number of aliphatic hydroxyl groups excluding tert-OH is 1. The van der Waals surface area contributed by atoms with Crippen LogP contribution in [0.5, 0.6) is 5.75 Å². The van der Waals surface area contributed by atoms with E-state index in [0.717, 1.165) is 12.8 Å². The first-order chi connectivity index (χ1) is 17.8. The SMILES string of the molecule is CCCCOc1cccc(F)c1CN1c2ccc(C(=O)NCc3c(F)cc(F)cc3F)cc2SCC1O. The van der Waals surface area contributed by atoms with Gasteiger partial charge in [0.1, 0.15) is 35.2 Å². The molecule has 10 heteroatoms. The molecule has 3 aromatic rings. The van der Waals surface area contributed by atoms with E-state index in [1.807, 2.05) is 6.92 Å². The van der Waals surface area contributed by atoms with Crippen LogP contribution in [0, 0.1) is 23.3 Å². The Morgan fingerprint density at radius 1 is 1.08 bits per heavy atom. The van der Waals surface area contributed by atoms with Gasteiger partial charge in [0.05, 0.1) is 18.8 Å². The number of nitrogens with zero attached hydrogens (tertiary/aromatic N) is 1. The van der Waals surface area contributed by atoms with Gasteiger partial charge in [-0.3, -0.25) is 4.79 Å². The molecule has 0 saturated carbocycles. The lowest BCUT2D eigenvalue weighted by Crippen LogP contribution is -2.39. The number of halogens is 4. The summed E-state index contributed by atoms with van der Waals surface area (Å²) in [6, 6.07) is 10.5. The quantitative estimate of drug-likeness (QED) is 0.269. The largest absolute Gasteiger partial charge is 0.493 e. The van der Waals surface area contributed by atoms with Crippen LogP contribution in [0.1, 0.15) is 41.3 Å². The molecule has 196 valence electrons. The number of thioether (sulfide) groups is 1. The van der Waals surface area contributed by atoms with Crippen molar-refractivity contribution in [2.75, 3.05) is 17.3 Å². The van der Waals surface area contributed by atoms with Crippen LogP contribution in [0.15, 0.2) is 53.4 Å². The molecular weight excluding hydrogens is 508 g/mol. The van der Waals surface area contributed by atoms with Gasteiger partial charge in [-0.2, -0.15) is 0 Å². The lowest BCUT2D eigenvalue weighted by atomic mass is 10.1. The Morgan fingerprint density at radius 3 is 2.57 bits per heavy atom. The van der Waals surface area contributed by atoms with Crippen LogP contribution in [0.4, 0.5) is 23.2 Å². The summed E-state index contributed by atoms with van der Waals surface area (Å²) >= 11 is 1.33. The Balaban J connectivity index is 1.52. The second-order valence-electron chi connectivity index (χ2n) is 8.55. The number of nitrogens with one attached hydrogen (secondary N) is 1. The monoisotopic (exact) mass is 534 g/mol. The van der Waals surface area contributed by atoms with Crippen molar-refractivity contribution in [1.82, 2.24) is 5.32 Å². The summed E-state index contributed by atoms with van der Waals surface area (Å²) in [6.07, 6.45) is 0.862. The molecule has 0 spiro atoms. The van der Waals surface area contributed by atoms with Gasteiger partial charge >= 0.3 is 0 Å². The van der Waals surface area contributed by atoms with Crippen LogP contribution < -0.4 is 15.0 Å². The van der Waals surface area contributed by atoms with E-state index in [4.69, 9.17) is 4.74 Å². The van der Waals surface area contributed by atoms with Gasteiger partial charge in [-0.25, -0.2) is 17.6 Å². The zero-order valence-corrected chi connectivity index (χ0v) is 20.9. The van der Waals surface area contributed by atoms with E-state index < -0.39 is 47.5 Å². The summed E-state index contributed by atoms with van der Waals surface area (Å²) in [5.41, 5.74) is 0.720. The van der Waals surface area contributed by atoms with Gasteiger partial charge in [0.15, 0.2) is 0 Å². The van der Waals surface area contributed by atoms with Gasteiger partial charge in [0, 0.05) is 46.0 Å². The molecule has 1 aliphatic rings. The van der Waals surface area contributed by atoms with Crippen LogP contribution >= 0.6 is 11.8 Å². The Labute approximate surface area is 216 Å². The lowest BCUT2D eigenvalue weighted by molar-refractivity contribution is 0.0950. The number of rotatable bonds is 9. The number of carbonyl (C=O) groups excluding carboxylic acids is 1. The topological polar surface area (TPSA) is 61.8 Å². The van der Waals surface area contributed by atoms with E-state index in [-0.39, 0.29) is 17.9 Å². The van der Waals surface area contributed by atoms with Crippen molar-refractivity contribution in [3.63, 3.8) is 0 Å². The molecule has 1 atom stereocenters. The van der Waals surface area contributed by atoms with E-state index in [9.17, 15) is 27.5 Å². The van der Waals surface area contributed by atoms with Gasteiger partial charge in [-0.1, -0.05) is 19.4 Å². The second kappa shape index (κ2) is 11.9. The molecule has 0 saturated heterocycles. The van der Waals surface area contributed by atoms with Gasteiger partial charge in [0.2, 0.25) is 0 Å². The highest BCUT2D eigenvalue weighted by atomic mass is 32.2. The standard InChI is InChI=1S/C27H26F4N2O3S/c1-2-3-9-36-24-6-4-5-20(29)19(24)14-33-23-8-7-16(10-25(23)37-15-26(33)34)27(35)32-13-18-21(30)11-17(28)12-22(18)31/h4-8,10-12,26,34H,2-3,9,13-15H2,1H3,(H,32,35). The third-order valence-electron chi connectivity index (χ3n) is 5.97. The number of anilines is 1. The number of unbranched alkanes of at least 4 members (excludes halogenated alkanes) is 1. The van der Waals surface area contributed by atoms with Crippen LogP contribution in [0.2, 0.25) is 0 Å². The number of hydrogen-bond acceptors (Lipinski definition) is 5. The van der Waals surface area contributed by atoms with E-state index in [0.29, 0.717) is 40.6 Å². The molecule has 3 aromatic carbocycles. The molecule has 2 N–H and O–H groups in total. The highest BCUT2D eigenvalue weighted by Gasteiger charge is 2.28. The maximum atomic E-state index is 14.8. The van der Waals surface area contributed by atoms with Crippen LogP contribution in [-0.2, 0) is 13.1 Å². The highest BCUT2D eigenvalue weighted by Crippen LogP contribution is 2.39. The number of ether oxygens (including phenoxy) is 1. The minimum atomic E-state index is -1.09. The van der Waals surface area contributed by atoms with Crippen molar-refractivity contribution >= 4 is 23.4 Å². The van der Waals surface area contributed by atoms with Gasteiger partial charge in [-0.05, 0) is 36.8 Å². The fourth-order valence-corrected chi connectivity index (χ4v) is 5.00. The van der Waals surface area contributed by atoms with E-state index >= 15 is 0 Å². The van der Waals surface area contributed by atoms with Crippen molar-refractivity contribution in [2.24, 2.45) is 0 Å². The Kier molecular flexibility index (Phi) is 8.60. The molecule has 1 heterocycles. The maximum absolute atomic E-state index is 14.8. The molecule has 1 amide bonds. The van der Waals surface area contributed by atoms with E-state index in [2.05, 4.69) is 5.32 Å². The zero-order valence-electron chi connectivity index (χ0n) is 20.1. The van der Waals surface area contributed by atoms with Gasteiger partial charge in [0.25, 0.3) is 5.91 Å². The minimum absolute atomic E-state index is 0.0531. The molecule has 0 aliphatic carbocycles. The predicted octanol–water partition coefficient (Wildman–Crippen LogP) is 5.78. The van der Waals surface area contributed by atoms with Crippen molar-refractivity contribution in [1.29, 1.82) is 0 Å². The summed E-state index contributed by atoms with van der Waals surface area (Å²) in [5.74, 6) is -3.55. The number of amides is 1. The number of carbonyl (C=O) groups is 1. The maximum Gasteiger partial charge on any atom is 0.251 e. The first kappa shape index (κ1) is 26.8. The van der Waals surface area contributed by atoms with E-state index in [1.165, 1.54) is 23.9 Å². The highest BCUT2D eigenvalue weighted by molar-refractivity contribution is 7.99. The van der Waals surface area contributed by atoms with Crippen molar-refractivity contribution < 1.29 is 32.2 Å². The van der Waals surface area contributed by atoms with Crippen molar-refractivity contribution in [3.05, 3.63) is 88.5 Å². The van der Waals surface area contributed by atoms with Crippen LogP contribution in [-0.4, -0.2) is 29.6 Å². The normalized spacial score (nSPS) is 14.9. The second-order valence-corrected chi connectivity index (χ2v) is 9.61. The predicted molar refractivity (Wildman–Crippen MR) is 134 cm³/mol. The fourth-order valence-electron chi connectivity index (χ4n) is 3.95. The number of benzene rings is 3. The molecule has 0 fully saturated rings. The molecule has 1 unspecified atom stereocenters. The minimum Gasteiger partial charge on any atom is -0.493 e. The lowest BCUT2D eigenvalue weighted by Gasteiger charge is -2.36. The molecule has 4 rings (SSSR count). The summed E-state index contributed by atoms with van der Waals surface area (Å²) in [6.45, 7) is 2.08. The molecule has 0 bridgehead atoms. The summed E-state index contributed by atoms with van der Waals surface area (Å²) in [4.78, 5) is 15.0. The van der Waals surface area contributed by atoms with Crippen molar-refractivity contribution in [2.45, 2.75) is 44.0 Å². The molecule has 1 aliphatic heterocycles. The summed E-state index contributed by atoms with van der Waals surface area (Å²) in [5, 5.41) is 13.1. The molecule has 0 aromatic heterocycles. The van der Waals surface area contributed by atoms with Gasteiger partial charge in [-0.15, -0.1) is 11.8 Å². The number of aliphatic hydroxyl groups is 1. The van der Waals surface area contributed by atoms with Crippen LogP contribution in [0.3, 0.4) is 0 Å². The first-order valence-corrected chi connectivity index (χ1v) is 12.8. The fraction of sp³-hybridized carbons (Fsp3) is 0.296. The molecular formula is C27H26F4N2O3S. The molecule has 0 radical (unpaired) electrons. The number of fused-ring (bicyclic) bond motifs is 1. The smallest absolute Gasteiger partial charge is 0.251 e. The van der Waals surface area contributed by atoms with Gasteiger partial charge < -0.3 is 20.1 Å². The van der Waals surface area contributed by atoms with E-state index in [1.54, 1.807) is 29.2 Å². The average molecular weight is 535 g/mol. The Hall–Kier alpha value is -3.24. The third-order valence-corrected chi connectivity index (χ3v) is 7.07. The average Bonchev–Trinajstić information content (AvgIpc) is 2.86. The summed E-state index contributed by atoms with van der Waals surface area (Å²) < 4.78 is 61.5. The summed E-state index contributed by atoms with van der Waals surface area (Å²) in [7, 11) is 0. The zero-order chi connectivity index (χ0) is 26.5. The molecule has 5 nitrogen and oxygen atoms in total. The van der Waals surface area contributed by atoms with Crippen LogP contribution in [0.25, 0.3) is 0 Å². The Bertz CT molecular complexity index is 1270. The Morgan fingerprint density at radius 2 is 1.84 bits per heavy atom. The third kappa shape index (κ3) is 6.19. The molecule has 37 heavy (non-hydrogen) atoms. The number of hydrogen-bond donors (Lipinski definition) is 2. The van der Waals surface area contributed by atoms with Crippen molar-refractivity contribution in [3.8, 4) is 5.75 Å². The first-order valence-electron chi connectivity index (χ1n) is 11.8.